The van der Waals surface area contributed by atoms with Crippen LogP contribution in [0.15, 0.2) is 0 Å². The largest absolute Gasteiger partial charge is 0.480 e. The van der Waals surface area contributed by atoms with E-state index in [0.29, 0.717) is 0 Å². The van der Waals surface area contributed by atoms with E-state index in [9.17, 15) is 9.59 Å². The molecule has 0 aliphatic carbocycles. The molecule has 0 saturated heterocycles. The van der Waals surface area contributed by atoms with Crippen LogP contribution in [0.1, 0.15) is 13.8 Å². The molecule has 3 nitrogen and oxygen atoms in total. The van der Waals surface area contributed by atoms with Gasteiger partial charge in [-0.15, -0.1) is 11.6 Å². The summed E-state index contributed by atoms with van der Waals surface area (Å²) in [5.41, 5.74) is 0. The van der Waals surface area contributed by atoms with Gasteiger partial charge in [-0.1, -0.05) is 11.8 Å². The molecule has 5 heteroatoms. The van der Waals surface area contributed by atoms with Crippen LogP contribution in [0.25, 0.3) is 0 Å². The van der Waals surface area contributed by atoms with Gasteiger partial charge >= 0.3 is 5.97 Å². The second-order valence-electron chi connectivity index (χ2n) is 2.28. The number of carboxylic acids is 1. The van der Waals surface area contributed by atoms with Gasteiger partial charge in [0.05, 0.1) is 0 Å². The predicted molar refractivity (Wildman–Crippen MR) is 45.0 cm³/mol. The second-order valence-corrected chi connectivity index (χ2v) is 4.27. The number of hydrogen-bond acceptors (Lipinski definition) is 3. The molecule has 0 aromatic carbocycles. The fraction of sp³-hybridized carbons (Fsp3) is 0.667. The topological polar surface area (TPSA) is 54.4 Å². The maximum atomic E-state index is 10.4. The average molecular weight is 197 g/mol. The number of alkyl halides is 1. The molecule has 1 N–H and O–H groups in total. The van der Waals surface area contributed by atoms with Crippen molar-refractivity contribution >= 4 is 34.4 Å². The summed E-state index contributed by atoms with van der Waals surface area (Å²) >= 11 is 6.46. The lowest BCUT2D eigenvalue weighted by Gasteiger charge is -2.13. The zero-order chi connectivity index (χ0) is 9.07. The molecule has 64 valence electrons. The molecular formula is C6H9ClO3S. The summed E-state index contributed by atoms with van der Waals surface area (Å²) in [4.78, 5) is 19.5. The van der Waals surface area contributed by atoms with Crippen LogP contribution in [0.5, 0.6) is 0 Å². The highest BCUT2D eigenvalue weighted by molar-refractivity contribution is 8.13. The van der Waals surface area contributed by atoms with E-state index in [4.69, 9.17) is 16.7 Å². The van der Waals surface area contributed by atoms with E-state index < -0.39 is 10.8 Å². The molecule has 0 rings (SSSR count). The standard InChI is InChI=1S/C6H9ClO3S/c1-4(8)11-3-6(2,7)5(9)10/h3H2,1-2H3,(H,9,10). The van der Waals surface area contributed by atoms with Crippen molar-refractivity contribution in [1.29, 1.82) is 0 Å². The van der Waals surface area contributed by atoms with Crippen LogP contribution < -0.4 is 0 Å². The molecule has 0 aromatic rings. The Bertz CT molecular complexity index is 179. The molecule has 11 heavy (non-hydrogen) atoms. The predicted octanol–water partition coefficient (Wildman–Crippen LogP) is 1.35. The summed E-state index contributed by atoms with van der Waals surface area (Å²) in [5.74, 6) is -1.01. The molecule has 0 radical (unpaired) electrons. The quantitative estimate of drug-likeness (QED) is 0.693. The van der Waals surface area contributed by atoms with Crippen LogP contribution in [-0.4, -0.2) is 26.8 Å². The normalized spacial score (nSPS) is 15.5. The number of rotatable bonds is 3. The summed E-state index contributed by atoms with van der Waals surface area (Å²) in [5, 5.41) is 8.37. The van der Waals surface area contributed by atoms with Gasteiger partial charge in [0.15, 0.2) is 5.12 Å². The minimum atomic E-state index is -1.34. The highest BCUT2D eigenvalue weighted by atomic mass is 35.5. The Morgan fingerprint density at radius 2 is 2.09 bits per heavy atom. The van der Waals surface area contributed by atoms with Gasteiger partial charge in [-0.3, -0.25) is 9.59 Å². The number of carbonyl (C=O) groups excluding carboxylic acids is 1. The summed E-state index contributed by atoms with van der Waals surface area (Å²) in [6.45, 7) is 2.74. The zero-order valence-electron chi connectivity index (χ0n) is 6.26. The molecule has 1 atom stereocenters. The minimum Gasteiger partial charge on any atom is -0.480 e. The third-order valence-electron chi connectivity index (χ3n) is 0.992. The van der Waals surface area contributed by atoms with E-state index in [1.54, 1.807) is 0 Å². The van der Waals surface area contributed by atoms with Crippen molar-refractivity contribution in [2.75, 3.05) is 5.75 Å². The molecule has 0 aliphatic rings. The van der Waals surface area contributed by atoms with Crippen molar-refractivity contribution < 1.29 is 14.7 Å². The van der Waals surface area contributed by atoms with Crippen molar-refractivity contribution in [2.24, 2.45) is 0 Å². The Balaban J connectivity index is 3.92. The number of aliphatic carboxylic acids is 1. The van der Waals surface area contributed by atoms with Crippen LogP contribution in [0, 0.1) is 0 Å². The highest BCUT2D eigenvalue weighted by Gasteiger charge is 2.30. The monoisotopic (exact) mass is 196 g/mol. The van der Waals surface area contributed by atoms with Crippen molar-refractivity contribution in [3.05, 3.63) is 0 Å². The number of carbonyl (C=O) groups is 2. The molecule has 0 amide bonds. The van der Waals surface area contributed by atoms with Gasteiger partial charge in [0, 0.05) is 12.7 Å². The number of carboxylic acid groups (broad SMARTS) is 1. The fourth-order valence-corrected chi connectivity index (χ4v) is 1.06. The maximum absolute atomic E-state index is 10.4. The lowest BCUT2D eigenvalue weighted by Crippen LogP contribution is -2.31. The van der Waals surface area contributed by atoms with Gasteiger partial charge in [-0.2, -0.15) is 0 Å². The summed E-state index contributed by atoms with van der Waals surface area (Å²) in [6, 6.07) is 0. The molecule has 0 aliphatic heterocycles. The van der Waals surface area contributed by atoms with Gasteiger partial charge in [0.1, 0.15) is 4.87 Å². The molecule has 0 aromatic heterocycles. The molecule has 0 heterocycles. The minimum absolute atomic E-state index is 0.0965. The average Bonchev–Trinajstić information content (AvgIpc) is 1.84. The van der Waals surface area contributed by atoms with Crippen molar-refractivity contribution in [3.63, 3.8) is 0 Å². The zero-order valence-corrected chi connectivity index (χ0v) is 7.83. The lowest BCUT2D eigenvalue weighted by molar-refractivity contribution is -0.139. The summed E-state index contributed by atoms with van der Waals surface area (Å²) in [6.07, 6.45) is 0. The molecule has 0 fully saturated rings. The highest BCUT2D eigenvalue weighted by Crippen LogP contribution is 2.20. The Morgan fingerprint density at radius 1 is 1.64 bits per heavy atom. The molecular weight excluding hydrogens is 188 g/mol. The van der Waals surface area contributed by atoms with Crippen LogP contribution in [0.3, 0.4) is 0 Å². The van der Waals surface area contributed by atoms with E-state index in [1.807, 2.05) is 0 Å². The van der Waals surface area contributed by atoms with Crippen molar-refractivity contribution in [2.45, 2.75) is 18.7 Å². The van der Waals surface area contributed by atoms with Gasteiger partial charge in [0.25, 0.3) is 0 Å². The van der Waals surface area contributed by atoms with E-state index >= 15 is 0 Å². The first kappa shape index (κ1) is 10.8. The van der Waals surface area contributed by atoms with E-state index in [2.05, 4.69) is 0 Å². The molecule has 0 spiro atoms. The Kier molecular flexibility index (Phi) is 3.89. The third kappa shape index (κ3) is 4.27. The summed E-state index contributed by atoms with van der Waals surface area (Å²) in [7, 11) is 0. The van der Waals surface area contributed by atoms with Crippen LogP contribution in [0.2, 0.25) is 0 Å². The number of halogens is 1. The Morgan fingerprint density at radius 3 is 2.36 bits per heavy atom. The molecule has 0 bridgehead atoms. The first-order chi connectivity index (χ1) is 4.86. The maximum Gasteiger partial charge on any atom is 0.325 e. The van der Waals surface area contributed by atoms with E-state index in [1.165, 1.54) is 13.8 Å². The number of thioether (sulfide) groups is 1. The Hall–Kier alpha value is -0.220. The van der Waals surface area contributed by atoms with Crippen LogP contribution in [-0.2, 0) is 9.59 Å². The first-order valence-corrected chi connectivity index (χ1v) is 4.28. The van der Waals surface area contributed by atoms with Gasteiger partial charge in [0.2, 0.25) is 0 Å². The third-order valence-corrected chi connectivity index (χ3v) is 2.57. The Labute approximate surface area is 74.1 Å². The fourth-order valence-electron chi connectivity index (χ4n) is 0.299. The SMILES string of the molecule is CC(=O)SCC(C)(Cl)C(=O)O. The van der Waals surface area contributed by atoms with Gasteiger partial charge in [-0.05, 0) is 6.92 Å². The van der Waals surface area contributed by atoms with Gasteiger partial charge < -0.3 is 5.11 Å². The number of hydrogen-bond donors (Lipinski definition) is 1. The molecule has 1 unspecified atom stereocenters. The molecule has 0 saturated carbocycles. The van der Waals surface area contributed by atoms with Crippen molar-refractivity contribution in [3.8, 4) is 0 Å². The smallest absolute Gasteiger partial charge is 0.325 e. The van der Waals surface area contributed by atoms with Crippen LogP contribution >= 0.6 is 23.4 Å². The van der Waals surface area contributed by atoms with Crippen molar-refractivity contribution in [1.82, 2.24) is 0 Å². The lowest BCUT2D eigenvalue weighted by atomic mass is 10.2. The second kappa shape index (κ2) is 3.97. The summed E-state index contributed by atoms with van der Waals surface area (Å²) < 4.78 is 0. The van der Waals surface area contributed by atoms with E-state index in [-0.39, 0.29) is 10.9 Å². The first-order valence-electron chi connectivity index (χ1n) is 2.92. The van der Waals surface area contributed by atoms with Crippen LogP contribution in [0.4, 0.5) is 0 Å². The van der Waals surface area contributed by atoms with E-state index in [0.717, 1.165) is 11.8 Å². The van der Waals surface area contributed by atoms with Gasteiger partial charge in [-0.25, -0.2) is 0 Å².